The number of benzene rings is 1. The van der Waals surface area contributed by atoms with Crippen LogP contribution in [-0.4, -0.2) is 19.7 Å². The topological polar surface area (TPSA) is 47.3 Å². The number of rotatable bonds is 7. The lowest BCUT2D eigenvalue weighted by atomic mass is 9.94. The van der Waals surface area contributed by atoms with Crippen LogP contribution in [-0.2, 0) is 0 Å². The molecule has 0 aliphatic carbocycles. The van der Waals surface area contributed by atoms with Gasteiger partial charge >= 0.3 is 0 Å². The summed E-state index contributed by atoms with van der Waals surface area (Å²) in [5, 5.41) is 3.50. The zero-order valence-electron chi connectivity index (χ0n) is 11.1. The second-order valence-corrected chi connectivity index (χ2v) is 4.26. The average Bonchev–Trinajstić information content (AvgIpc) is 2.39. The monoisotopic (exact) mass is 236 g/mol. The molecule has 0 aliphatic rings. The van der Waals surface area contributed by atoms with Crippen LogP contribution in [0, 0.1) is 5.92 Å². The van der Waals surface area contributed by atoms with Gasteiger partial charge in [-0.3, -0.25) is 0 Å². The predicted octanol–water partition coefficient (Wildman–Crippen LogP) is 2.87. The van der Waals surface area contributed by atoms with E-state index < -0.39 is 0 Å². The summed E-state index contributed by atoms with van der Waals surface area (Å²) in [6.45, 7) is 5.06. The summed E-state index contributed by atoms with van der Waals surface area (Å²) in [4.78, 5) is 0. The van der Waals surface area contributed by atoms with Gasteiger partial charge in [0.15, 0.2) is 0 Å². The third-order valence-electron chi connectivity index (χ3n) is 3.32. The Morgan fingerprint density at radius 2 is 1.88 bits per heavy atom. The molecule has 0 saturated heterocycles. The Bertz CT molecular complexity index is 324. The number of nitrogens with two attached hydrogens (primary N) is 1. The van der Waals surface area contributed by atoms with E-state index in [1.54, 1.807) is 7.11 Å². The van der Waals surface area contributed by atoms with Crippen molar-refractivity contribution in [2.75, 3.05) is 19.0 Å². The van der Waals surface area contributed by atoms with Gasteiger partial charge in [-0.2, -0.15) is 0 Å². The predicted molar refractivity (Wildman–Crippen MR) is 73.5 cm³/mol. The van der Waals surface area contributed by atoms with Gasteiger partial charge in [0.25, 0.3) is 0 Å². The van der Waals surface area contributed by atoms with Gasteiger partial charge in [-0.25, -0.2) is 0 Å². The number of nitrogens with one attached hydrogen (secondary N) is 1. The van der Waals surface area contributed by atoms with E-state index in [0.717, 1.165) is 24.3 Å². The number of ether oxygens (including phenoxy) is 1. The molecule has 3 heteroatoms. The van der Waals surface area contributed by atoms with E-state index in [9.17, 15) is 0 Å². The highest BCUT2D eigenvalue weighted by Crippen LogP contribution is 2.26. The first-order valence-corrected chi connectivity index (χ1v) is 6.36. The molecule has 0 aromatic heterocycles. The molecule has 0 heterocycles. The SMILES string of the molecule is CCC(CC)C(CN)Nc1ccccc1OC. The molecule has 96 valence electrons. The van der Waals surface area contributed by atoms with Crippen LogP contribution in [0.3, 0.4) is 0 Å². The van der Waals surface area contributed by atoms with E-state index in [-0.39, 0.29) is 0 Å². The maximum Gasteiger partial charge on any atom is 0.141 e. The van der Waals surface area contributed by atoms with Gasteiger partial charge in [0.05, 0.1) is 12.8 Å². The standard InChI is InChI=1S/C14H24N2O/c1-4-11(5-2)13(10-15)16-12-8-6-7-9-14(12)17-3/h6-9,11,13,16H,4-5,10,15H2,1-3H3. The highest BCUT2D eigenvalue weighted by molar-refractivity contribution is 5.56. The molecule has 0 bridgehead atoms. The van der Waals surface area contributed by atoms with Gasteiger partial charge < -0.3 is 15.8 Å². The van der Waals surface area contributed by atoms with Gasteiger partial charge in [-0.15, -0.1) is 0 Å². The first-order chi connectivity index (χ1) is 8.26. The second-order valence-electron chi connectivity index (χ2n) is 4.26. The fourth-order valence-corrected chi connectivity index (χ4v) is 2.19. The molecule has 0 fully saturated rings. The molecule has 1 rings (SSSR count). The minimum atomic E-state index is 0.307. The number of hydrogen-bond acceptors (Lipinski definition) is 3. The smallest absolute Gasteiger partial charge is 0.141 e. The van der Waals surface area contributed by atoms with Gasteiger partial charge in [-0.1, -0.05) is 38.8 Å². The van der Waals surface area contributed by atoms with Crippen LogP contribution in [0.2, 0.25) is 0 Å². The Morgan fingerprint density at radius 3 is 2.41 bits per heavy atom. The summed E-state index contributed by atoms with van der Waals surface area (Å²) < 4.78 is 5.33. The molecule has 3 nitrogen and oxygen atoms in total. The minimum absolute atomic E-state index is 0.307. The molecular formula is C14H24N2O. The number of para-hydroxylation sites is 2. The average molecular weight is 236 g/mol. The highest BCUT2D eigenvalue weighted by Gasteiger charge is 2.17. The second kappa shape index (κ2) is 7.17. The molecule has 1 aromatic rings. The summed E-state index contributed by atoms with van der Waals surface area (Å²) in [6.07, 6.45) is 2.28. The molecule has 0 saturated carbocycles. The van der Waals surface area contributed by atoms with Crippen LogP contribution in [0.1, 0.15) is 26.7 Å². The van der Waals surface area contributed by atoms with Crippen molar-refractivity contribution in [1.29, 1.82) is 0 Å². The van der Waals surface area contributed by atoms with Crippen molar-refractivity contribution in [2.24, 2.45) is 11.7 Å². The van der Waals surface area contributed by atoms with Crippen molar-refractivity contribution < 1.29 is 4.74 Å². The van der Waals surface area contributed by atoms with Gasteiger partial charge in [0.1, 0.15) is 5.75 Å². The van der Waals surface area contributed by atoms with Crippen LogP contribution in [0.5, 0.6) is 5.75 Å². The Kier molecular flexibility index (Phi) is 5.84. The molecule has 0 radical (unpaired) electrons. The van der Waals surface area contributed by atoms with Crippen molar-refractivity contribution >= 4 is 5.69 Å². The lowest BCUT2D eigenvalue weighted by molar-refractivity contribution is 0.405. The minimum Gasteiger partial charge on any atom is -0.495 e. The van der Waals surface area contributed by atoms with Crippen molar-refractivity contribution in [3.8, 4) is 5.75 Å². The van der Waals surface area contributed by atoms with E-state index in [1.165, 1.54) is 0 Å². The molecule has 1 atom stereocenters. The molecule has 0 amide bonds. The van der Waals surface area contributed by atoms with Crippen molar-refractivity contribution in [1.82, 2.24) is 0 Å². The van der Waals surface area contributed by atoms with E-state index >= 15 is 0 Å². The maximum absolute atomic E-state index is 5.86. The summed E-state index contributed by atoms with van der Waals surface area (Å²) >= 11 is 0. The zero-order chi connectivity index (χ0) is 12.7. The number of hydrogen-bond donors (Lipinski definition) is 2. The van der Waals surface area contributed by atoms with E-state index in [4.69, 9.17) is 10.5 Å². The Balaban J connectivity index is 2.79. The summed E-state index contributed by atoms with van der Waals surface area (Å²) in [5.41, 5.74) is 6.89. The van der Waals surface area contributed by atoms with E-state index in [1.807, 2.05) is 24.3 Å². The summed E-state index contributed by atoms with van der Waals surface area (Å²) in [6, 6.07) is 8.28. The lowest BCUT2D eigenvalue weighted by Crippen LogP contribution is -2.36. The zero-order valence-corrected chi connectivity index (χ0v) is 11.1. The Morgan fingerprint density at radius 1 is 1.24 bits per heavy atom. The Labute approximate surface area is 104 Å². The van der Waals surface area contributed by atoms with Gasteiger partial charge in [0, 0.05) is 12.6 Å². The normalized spacial score (nSPS) is 12.5. The van der Waals surface area contributed by atoms with Crippen LogP contribution in [0.25, 0.3) is 0 Å². The fraction of sp³-hybridized carbons (Fsp3) is 0.571. The Hall–Kier alpha value is -1.22. The van der Waals surface area contributed by atoms with Crippen LogP contribution < -0.4 is 15.8 Å². The quantitative estimate of drug-likeness (QED) is 0.765. The fourth-order valence-electron chi connectivity index (χ4n) is 2.19. The van der Waals surface area contributed by atoms with Gasteiger partial charge in [0.2, 0.25) is 0 Å². The van der Waals surface area contributed by atoms with Gasteiger partial charge in [-0.05, 0) is 18.1 Å². The largest absolute Gasteiger partial charge is 0.495 e. The molecule has 17 heavy (non-hydrogen) atoms. The first-order valence-electron chi connectivity index (χ1n) is 6.36. The van der Waals surface area contributed by atoms with Crippen molar-refractivity contribution in [2.45, 2.75) is 32.7 Å². The molecule has 1 aromatic carbocycles. The summed E-state index contributed by atoms with van der Waals surface area (Å²) in [5.74, 6) is 1.47. The molecule has 3 N–H and O–H groups in total. The molecular weight excluding hydrogens is 212 g/mol. The van der Waals surface area contributed by atoms with Crippen LogP contribution in [0.15, 0.2) is 24.3 Å². The third kappa shape index (κ3) is 3.63. The van der Waals surface area contributed by atoms with Crippen LogP contribution in [0.4, 0.5) is 5.69 Å². The number of anilines is 1. The first kappa shape index (κ1) is 13.8. The molecule has 0 spiro atoms. The number of methoxy groups -OCH3 is 1. The van der Waals surface area contributed by atoms with Crippen molar-refractivity contribution in [3.05, 3.63) is 24.3 Å². The van der Waals surface area contributed by atoms with E-state index in [0.29, 0.717) is 18.5 Å². The molecule has 1 unspecified atom stereocenters. The third-order valence-corrected chi connectivity index (χ3v) is 3.32. The van der Waals surface area contributed by atoms with Crippen molar-refractivity contribution in [3.63, 3.8) is 0 Å². The highest BCUT2D eigenvalue weighted by atomic mass is 16.5. The van der Waals surface area contributed by atoms with Crippen LogP contribution >= 0.6 is 0 Å². The lowest BCUT2D eigenvalue weighted by Gasteiger charge is -2.26. The molecule has 0 aliphatic heterocycles. The summed E-state index contributed by atoms with van der Waals surface area (Å²) in [7, 11) is 1.69. The van der Waals surface area contributed by atoms with E-state index in [2.05, 4.69) is 19.2 Å². The maximum atomic E-state index is 5.86.